The van der Waals surface area contributed by atoms with Crippen molar-refractivity contribution in [2.45, 2.75) is 11.0 Å². The standard InChI is InChI=1S/C27H32N4O6S/c1-28-7-9-29(10-8-28)22-4-2-3-19(13-22)26(32)27(33)30-15-20-17-31(18-21(20)16-30)38(34,35)23-5-6-24-25(14-23)37-12-11-36-24/h2-6,13-14,26,32H,7-12,15-18H2,1H3. The van der Waals surface area contributed by atoms with E-state index in [-0.39, 0.29) is 23.9 Å². The number of benzene rings is 2. The first-order valence-corrected chi connectivity index (χ1v) is 14.3. The number of fused-ring (bicyclic) bond motifs is 1. The van der Waals surface area contributed by atoms with E-state index in [4.69, 9.17) is 9.47 Å². The molecule has 2 aromatic rings. The number of likely N-dealkylation sites (N-methyl/N-ethyl adjacent to an activating group) is 1. The number of sulfonamides is 1. The molecule has 1 atom stereocenters. The molecule has 4 heterocycles. The number of aliphatic hydroxyl groups is 1. The third-order valence-corrected chi connectivity index (χ3v) is 9.54. The molecule has 6 rings (SSSR count). The lowest BCUT2D eigenvalue weighted by Crippen LogP contribution is -2.44. The van der Waals surface area contributed by atoms with Gasteiger partial charge in [0.25, 0.3) is 5.91 Å². The van der Waals surface area contributed by atoms with Crippen molar-refractivity contribution in [3.05, 3.63) is 59.2 Å². The van der Waals surface area contributed by atoms with Crippen molar-refractivity contribution >= 4 is 21.6 Å². The van der Waals surface area contributed by atoms with Crippen LogP contribution in [0.3, 0.4) is 0 Å². The van der Waals surface area contributed by atoms with Crippen molar-refractivity contribution in [3.63, 3.8) is 0 Å². The van der Waals surface area contributed by atoms with Crippen LogP contribution in [0.15, 0.2) is 58.5 Å². The Morgan fingerprint density at radius 2 is 1.58 bits per heavy atom. The van der Waals surface area contributed by atoms with E-state index >= 15 is 0 Å². The highest BCUT2D eigenvalue weighted by atomic mass is 32.2. The number of nitrogens with zero attached hydrogens (tertiary/aromatic N) is 4. The van der Waals surface area contributed by atoms with Gasteiger partial charge in [0.2, 0.25) is 10.0 Å². The molecule has 1 unspecified atom stereocenters. The molecule has 0 aliphatic carbocycles. The molecule has 0 spiro atoms. The Kier molecular flexibility index (Phi) is 6.55. The van der Waals surface area contributed by atoms with Crippen LogP contribution >= 0.6 is 0 Å². The van der Waals surface area contributed by atoms with Crippen LogP contribution in [0.25, 0.3) is 0 Å². The van der Waals surface area contributed by atoms with Crippen molar-refractivity contribution in [1.29, 1.82) is 0 Å². The maximum absolute atomic E-state index is 13.3. The fourth-order valence-electron chi connectivity index (χ4n) is 5.48. The normalized spacial score (nSPS) is 21.1. The van der Waals surface area contributed by atoms with Gasteiger partial charge in [-0.2, -0.15) is 4.31 Å². The first-order valence-electron chi connectivity index (χ1n) is 12.9. The summed E-state index contributed by atoms with van der Waals surface area (Å²) in [5, 5.41) is 10.9. The largest absolute Gasteiger partial charge is 0.486 e. The second kappa shape index (κ2) is 9.88. The van der Waals surface area contributed by atoms with Gasteiger partial charge in [0.05, 0.1) is 4.90 Å². The topological polar surface area (TPSA) is 103 Å². The number of ether oxygens (including phenoxy) is 2. The summed E-state index contributed by atoms with van der Waals surface area (Å²) in [7, 11) is -1.63. The van der Waals surface area contributed by atoms with Crippen molar-refractivity contribution in [2.75, 3.05) is 77.5 Å². The molecule has 0 aromatic heterocycles. The number of hydrogen-bond acceptors (Lipinski definition) is 8. The second-order valence-corrected chi connectivity index (χ2v) is 12.2. The van der Waals surface area contributed by atoms with Gasteiger partial charge in [0, 0.05) is 64.1 Å². The highest BCUT2D eigenvalue weighted by Crippen LogP contribution is 2.36. The van der Waals surface area contributed by atoms with Crippen molar-refractivity contribution in [2.24, 2.45) is 0 Å². The Labute approximate surface area is 222 Å². The molecule has 1 fully saturated rings. The number of hydrogen-bond donors (Lipinski definition) is 1. The number of carbonyl (C=O) groups is 1. The molecule has 1 N–H and O–H groups in total. The summed E-state index contributed by atoms with van der Waals surface area (Å²) in [5.74, 6) is 0.606. The molecular formula is C27H32N4O6S. The van der Waals surface area contributed by atoms with Crippen molar-refractivity contribution in [3.8, 4) is 11.5 Å². The minimum Gasteiger partial charge on any atom is -0.486 e. The van der Waals surface area contributed by atoms with E-state index < -0.39 is 16.1 Å². The Balaban J connectivity index is 1.09. The third kappa shape index (κ3) is 4.64. The molecule has 11 heteroatoms. The van der Waals surface area contributed by atoms with Gasteiger partial charge < -0.3 is 29.3 Å². The Morgan fingerprint density at radius 1 is 0.895 bits per heavy atom. The van der Waals surface area contributed by atoms with Crippen LogP contribution < -0.4 is 14.4 Å². The molecule has 4 aliphatic rings. The van der Waals surface area contributed by atoms with Gasteiger partial charge in [0.15, 0.2) is 17.6 Å². The highest BCUT2D eigenvalue weighted by molar-refractivity contribution is 7.89. The smallest absolute Gasteiger partial charge is 0.256 e. The minimum atomic E-state index is -3.73. The minimum absolute atomic E-state index is 0.159. The lowest BCUT2D eigenvalue weighted by molar-refractivity contribution is -0.139. The monoisotopic (exact) mass is 540 g/mol. The lowest BCUT2D eigenvalue weighted by Gasteiger charge is -2.34. The SMILES string of the molecule is CN1CCN(c2cccc(C(O)C(=O)N3CC4=C(C3)CN(S(=O)(=O)c3ccc5c(c3)OCCO5)C4)c2)CC1. The van der Waals surface area contributed by atoms with Gasteiger partial charge in [-0.15, -0.1) is 0 Å². The third-order valence-electron chi connectivity index (χ3n) is 7.75. The Bertz CT molecular complexity index is 1370. The van der Waals surface area contributed by atoms with E-state index in [0.29, 0.717) is 43.4 Å². The van der Waals surface area contributed by atoms with Crippen LogP contribution in [0.4, 0.5) is 5.69 Å². The number of rotatable bonds is 5. The first kappa shape index (κ1) is 25.2. The summed E-state index contributed by atoms with van der Waals surface area (Å²) in [6, 6.07) is 12.2. The van der Waals surface area contributed by atoms with E-state index in [1.54, 1.807) is 17.0 Å². The van der Waals surface area contributed by atoms with Gasteiger partial charge in [0.1, 0.15) is 13.2 Å². The second-order valence-electron chi connectivity index (χ2n) is 10.3. The van der Waals surface area contributed by atoms with Crippen molar-refractivity contribution < 1.29 is 27.8 Å². The number of aliphatic hydroxyl groups excluding tert-OH is 1. The van der Waals surface area contributed by atoms with Crippen LogP contribution in [0.2, 0.25) is 0 Å². The zero-order valence-corrected chi connectivity index (χ0v) is 22.2. The van der Waals surface area contributed by atoms with Gasteiger partial charge in [-0.3, -0.25) is 4.79 Å². The Morgan fingerprint density at radius 3 is 2.29 bits per heavy atom. The molecular weight excluding hydrogens is 508 g/mol. The first-order chi connectivity index (χ1) is 18.3. The molecule has 2 aromatic carbocycles. The zero-order valence-electron chi connectivity index (χ0n) is 21.4. The molecule has 4 aliphatic heterocycles. The van der Waals surface area contributed by atoms with E-state index in [9.17, 15) is 18.3 Å². The van der Waals surface area contributed by atoms with Crippen LogP contribution in [0.5, 0.6) is 11.5 Å². The lowest BCUT2D eigenvalue weighted by atomic mass is 10.1. The fourth-order valence-corrected chi connectivity index (χ4v) is 6.92. The van der Waals surface area contributed by atoms with E-state index in [1.165, 1.54) is 16.4 Å². The predicted molar refractivity (Wildman–Crippen MR) is 141 cm³/mol. The zero-order chi connectivity index (χ0) is 26.4. The number of amides is 1. The average molecular weight is 541 g/mol. The van der Waals surface area contributed by atoms with E-state index in [1.807, 2.05) is 18.2 Å². The Hall–Kier alpha value is -3.12. The number of carbonyl (C=O) groups excluding carboxylic acids is 1. The number of piperazine rings is 1. The summed E-state index contributed by atoms with van der Waals surface area (Å²) >= 11 is 0. The molecule has 202 valence electrons. The molecule has 1 amide bonds. The van der Waals surface area contributed by atoms with Crippen LogP contribution in [-0.4, -0.2) is 106 Å². The highest BCUT2D eigenvalue weighted by Gasteiger charge is 2.39. The van der Waals surface area contributed by atoms with Crippen molar-refractivity contribution in [1.82, 2.24) is 14.1 Å². The molecule has 1 saturated heterocycles. The quantitative estimate of drug-likeness (QED) is 0.563. The predicted octanol–water partition coefficient (Wildman–Crippen LogP) is 1.09. The van der Waals surface area contributed by atoms with Gasteiger partial charge in [-0.05, 0) is 48.0 Å². The molecule has 38 heavy (non-hydrogen) atoms. The number of anilines is 1. The van der Waals surface area contributed by atoms with Gasteiger partial charge in [-0.1, -0.05) is 12.1 Å². The fraction of sp³-hybridized carbons (Fsp3) is 0.444. The maximum Gasteiger partial charge on any atom is 0.256 e. The van der Waals surface area contributed by atoms with Gasteiger partial charge in [-0.25, -0.2) is 8.42 Å². The summed E-state index contributed by atoms with van der Waals surface area (Å²) in [6.45, 7) is 5.65. The summed E-state index contributed by atoms with van der Waals surface area (Å²) in [5.41, 5.74) is 3.40. The van der Waals surface area contributed by atoms with Crippen LogP contribution in [0, 0.1) is 0 Å². The van der Waals surface area contributed by atoms with Crippen LogP contribution in [0.1, 0.15) is 11.7 Å². The molecule has 0 bridgehead atoms. The average Bonchev–Trinajstić information content (AvgIpc) is 3.53. The van der Waals surface area contributed by atoms with E-state index in [0.717, 1.165) is 43.0 Å². The molecule has 10 nitrogen and oxygen atoms in total. The van der Waals surface area contributed by atoms with Gasteiger partial charge >= 0.3 is 0 Å². The van der Waals surface area contributed by atoms with E-state index in [2.05, 4.69) is 16.8 Å². The molecule has 0 saturated carbocycles. The summed E-state index contributed by atoms with van der Waals surface area (Å²) in [6.07, 6.45) is -1.26. The van der Waals surface area contributed by atoms with Crippen LogP contribution in [-0.2, 0) is 14.8 Å². The molecule has 0 radical (unpaired) electrons. The maximum atomic E-state index is 13.3. The summed E-state index contributed by atoms with van der Waals surface area (Å²) in [4.78, 5) is 19.5. The summed E-state index contributed by atoms with van der Waals surface area (Å²) < 4.78 is 39.1.